The summed E-state index contributed by atoms with van der Waals surface area (Å²) in [5.41, 5.74) is 4.34. The minimum absolute atomic E-state index is 0.0127. The summed E-state index contributed by atoms with van der Waals surface area (Å²) in [4.78, 5) is 54.1. The molecule has 2 saturated heterocycles. The number of likely N-dealkylation sites (tertiary alicyclic amines) is 1. The first-order valence-electron chi connectivity index (χ1n) is 13.3. The van der Waals surface area contributed by atoms with E-state index in [1.807, 2.05) is 44.2 Å². The predicted octanol–water partition coefficient (Wildman–Crippen LogP) is 1.94. The Balaban J connectivity index is 2.02. The molecule has 0 spiro atoms. The van der Waals surface area contributed by atoms with Crippen LogP contribution in [0.5, 0.6) is 0 Å². The van der Waals surface area contributed by atoms with Crippen molar-refractivity contribution in [1.82, 2.24) is 15.5 Å². The normalized spacial score (nSPS) is 25.1. The second-order valence-electron chi connectivity index (χ2n) is 11.9. The molecule has 0 bridgehead atoms. The van der Waals surface area contributed by atoms with Crippen LogP contribution >= 0.6 is 0 Å². The van der Waals surface area contributed by atoms with E-state index in [0.717, 1.165) is 5.56 Å². The lowest BCUT2D eigenvalue weighted by molar-refractivity contribution is -0.145. The molecule has 2 aliphatic heterocycles. The van der Waals surface area contributed by atoms with E-state index in [2.05, 4.69) is 10.6 Å². The summed E-state index contributed by atoms with van der Waals surface area (Å²) in [7, 11) is 0. The maximum Gasteiger partial charge on any atom is 0.411 e. The lowest BCUT2D eigenvalue weighted by Gasteiger charge is -2.44. The molecule has 5 atom stereocenters. The van der Waals surface area contributed by atoms with Crippen LogP contribution in [0.15, 0.2) is 30.3 Å². The summed E-state index contributed by atoms with van der Waals surface area (Å²) in [6, 6.07) is 9.21. The monoisotopic (exact) mass is 530 g/mol. The Labute approximate surface area is 224 Å². The SMILES string of the molecule is CC(C)[C@H]1CN(C(=O)OC(C)(C)C)[C@](C(N)=O)([C@H](C[C@H]2CCNC2=O)C(O)C(=O)NCc2ccccc2)C1. The van der Waals surface area contributed by atoms with Gasteiger partial charge in [0, 0.05) is 31.5 Å². The average molecular weight is 531 g/mol. The van der Waals surface area contributed by atoms with Crippen LogP contribution in [-0.4, -0.2) is 64.2 Å². The number of aliphatic hydroxyl groups is 1. The van der Waals surface area contributed by atoms with Crippen molar-refractivity contribution in [3.05, 3.63) is 35.9 Å². The van der Waals surface area contributed by atoms with E-state index in [-0.39, 0.29) is 43.7 Å². The molecule has 0 aromatic heterocycles. The van der Waals surface area contributed by atoms with Gasteiger partial charge in [0.25, 0.3) is 0 Å². The molecular formula is C28H42N4O6. The van der Waals surface area contributed by atoms with Crippen molar-refractivity contribution in [3.63, 3.8) is 0 Å². The number of benzene rings is 1. The molecule has 1 unspecified atom stereocenters. The van der Waals surface area contributed by atoms with Crippen molar-refractivity contribution in [1.29, 1.82) is 0 Å². The minimum Gasteiger partial charge on any atom is -0.444 e. The average Bonchev–Trinajstić information content (AvgIpc) is 3.44. The van der Waals surface area contributed by atoms with Crippen molar-refractivity contribution < 1.29 is 29.0 Å². The van der Waals surface area contributed by atoms with Gasteiger partial charge < -0.3 is 26.2 Å². The fourth-order valence-corrected chi connectivity index (χ4v) is 5.57. The zero-order valence-electron chi connectivity index (χ0n) is 23.0. The van der Waals surface area contributed by atoms with Crippen molar-refractivity contribution in [2.75, 3.05) is 13.1 Å². The number of carbonyl (C=O) groups is 4. The maximum atomic E-state index is 13.5. The van der Waals surface area contributed by atoms with Gasteiger partial charge in [0.15, 0.2) is 0 Å². The molecule has 4 amide bonds. The highest BCUT2D eigenvalue weighted by Gasteiger charge is 2.61. The number of hydrogen-bond donors (Lipinski definition) is 4. The highest BCUT2D eigenvalue weighted by molar-refractivity contribution is 5.92. The van der Waals surface area contributed by atoms with E-state index in [4.69, 9.17) is 10.5 Å². The topological polar surface area (TPSA) is 151 Å². The molecule has 5 N–H and O–H groups in total. The van der Waals surface area contributed by atoms with E-state index >= 15 is 0 Å². The second kappa shape index (κ2) is 11.7. The Bertz CT molecular complexity index is 1020. The number of rotatable bonds is 9. The van der Waals surface area contributed by atoms with Crippen LogP contribution in [0.1, 0.15) is 59.4 Å². The number of nitrogens with one attached hydrogen (secondary N) is 2. The lowest BCUT2D eigenvalue weighted by atomic mass is 9.70. The number of amides is 4. The van der Waals surface area contributed by atoms with Crippen LogP contribution < -0.4 is 16.4 Å². The highest BCUT2D eigenvalue weighted by Crippen LogP contribution is 2.46. The lowest BCUT2D eigenvalue weighted by Crippen LogP contribution is -2.65. The second-order valence-corrected chi connectivity index (χ2v) is 11.9. The number of nitrogens with zero attached hydrogens (tertiary/aromatic N) is 1. The number of ether oxygens (including phenoxy) is 1. The first-order valence-corrected chi connectivity index (χ1v) is 13.3. The number of primary amides is 1. The summed E-state index contributed by atoms with van der Waals surface area (Å²) >= 11 is 0. The Morgan fingerprint density at radius 3 is 2.42 bits per heavy atom. The smallest absolute Gasteiger partial charge is 0.411 e. The fraction of sp³-hybridized carbons (Fsp3) is 0.643. The molecular weight excluding hydrogens is 488 g/mol. The number of carbonyl (C=O) groups excluding carboxylic acids is 4. The summed E-state index contributed by atoms with van der Waals surface area (Å²) in [6.07, 6.45) is -1.78. The third-order valence-corrected chi connectivity index (χ3v) is 7.73. The van der Waals surface area contributed by atoms with Gasteiger partial charge in [-0.15, -0.1) is 0 Å². The van der Waals surface area contributed by atoms with Crippen molar-refractivity contribution in [3.8, 4) is 0 Å². The van der Waals surface area contributed by atoms with E-state index in [9.17, 15) is 24.3 Å². The number of aliphatic hydroxyl groups excluding tert-OH is 1. The number of nitrogens with two attached hydrogens (primary N) is 1. The van der Waals surface area contributed by atoms with E-state index in [1.54, 1.807) is 20.8 Å². The fourth-order valence-electron chi connectivity index (χ4n) is 5.57. The van der Waals surface area contributed by atoms with Gasteiger partial charge in [0.05, 0.1) is 0 Å². The zero-order valence-corrected chi connectivity index (χ0v) is 23.0. The predicted molar refractivity (Wildman–Crippen MR) is 141 cm³/mol. The van der Waals surface area contributed by atoms with E-state index < -0.39 is 47.0 Å². The Hall–Kier alpha value is -3.14. The first kappa shape index (κ1) is 29.4. The van der Waals surface area contributed by atoms with Crippen molar-refractivity contribution >= 4 is 23.8 Å². The molecule has 3 rings (SSSR count). The van der Waals surface area contributed by atoms with Crippen molar-refractivity contribution in [2.45, 2.75) is 77.7 Å². The molecule has 38 heavy (non-hydrogen) atoms. The Morgan fingerprint density at radius 2 is 1.89 bits per heavy atom. The van der Waals surface area contributed by atoms with E-state index in [0.29, 0.717) is 13.0 Å². The van der Waals surface area contributed by atoms with Gasteiger partial charge in [-0.05, 0) is 57.4 Å². The molecule has 2 heterocycles. The van der Waals surface area contributed by atoms with Crippen LogP contribution in [0.4, 0.5) is 4.79 Å². The molecule has 0 aliphatic carbocycles. The van der Waals surface area contributed by atoms with Crippen LogP contribution in [0.25, 0.3) is 0 Å². The zero-order chi connectivity index (χ0) is 28.3. The van der Waals surface area contributed by atoms with Gasteiger partial charge in [0.1, 0.15) is 17.2 Å². The minimum atomic E-state index is -1.72. The number of hydrogen-bond acceptors (Lipinski definition) is 6. The molecule has 0 saturated carbocycles. The van der Waals surface area contributed by atoms with Crippen molar-refractivity contribution in [2.24, 2.45) is 29.4 Å². The molecule has 1 aromatic rings. The van der Waals surface area contributed by atoms with Crippen LogP contribution in [0.3, 0.4) is 0 Å². The highest BCUT2D eigenvalue weighted by atomic mass is 16.6. The Morgan fingerprint density at radius 1 is 1.24 bits per heavy atom. The van der Waals surface area contributed by atoms with Gasteiger partial charge >= 0.3 is 6.09 Å². The van der Waals surface area contributed by atoms with Gasteiger partial charge in [-0.25, -0.2) is 4.79 Å². The van der Waals surface area contributed by atoms with Gasteiger partial charge in [-0.2, -0.15) is 0 Å². The maximum absolute atomic E-state index is 13.5. The van der Waals surface area contributed by atoms with Crippen LogP contribution in [0.2, 0.25) is 0 Å². The Kier molecular flexibility index (Phi) is 9.07. The van der Waals surface area contributed by atoms with Crippen LogP contribution in [0, 0.1) is 23.7 Å². The van der Waals surface area contributed by atoms with Gasteiger partial charge in [0.2, 0.25) is 17.7 Å². The third-order valence-electron chi connectivity index (χ3n) is 7.73. The molecule has 1 aromatic carbocycles. The van der Waals surface area contributed by atoms with Crippen LogP contribution in [-0.2, 0) is 25.7 Å². The largest absolute Gasteiger partial charge is 0.444 e. The molecule has 10 heteroatoms. The molecule has 210 valence electrons. The van der Waals surface area contributed by atoms with Gasteiger partial charge in [-0.1, -0.05) is 44.2 Å². The molecule has 2 aliphatic rings. The quantitative estimate of drug-likeness (QED) is 0.383. The summed E-state index contributed by atoms with van der Waals surface area (Å²) in [5, 5.41) is 17.0. The summed E-state index contributed by atoms with van der Waals surface area (Å²) < 4.78 is 5.66. The molecule has 2 fully saturated rings. The van der Waals surface area contributed by atoms with E-state index in [1.165, 1.54) is 4.90 Å². The third kappa shape index (κ3) is 6.46. The van der Waals surface area contributed by atoms with Gasteiger partial charge in [-0.3, -0.25) is 19.3 Å². The molecule has 10 nitrogen and oxygen atoms in total. The summed E-state index contributed by atoms with van der Waals surface area (Å²) in [6.45, 7) is 9.94. The first-order chi connectivity index (χ1) is 17.8. The molecule has 0 radical (unpaired) electrons. The summed E-state index contributed by atoms with van der Waals surface area (Å²) in [5.74, 6) is -3.45. The standard InChI is InChI=1S/C28H42N4O6/c1-17(2)20-14-28(25(29)36,32(16-20)26(37)38-27(3,4)5)21(13-19-11-12-30-23(19)34)22(33)24(35)31-15-18-9-7-6-8-10-18/h6-10,17,19-22,33H,11-16H2,1-5H3,(H2,29,36)(H,30,34)(H,31,35)/t19-,20-,21-,22?,28+/m1/s1.